The van der Waals surface area contributed by atoms with Crippen LogP contribution in [0, 0.1) is 0 Å². The molecule has 0 bridgehead atoms. The van der Waals surface area contributed by atoms with Gasteiger partial charge in [-0.2, -0.15) is 5.10 Å². The Kier molecular flexibility index (Phi) is 4.00. The molecule has 0 unspecified atom stereocenters. The van der Waals surface area contributed by atoms with Crippen molar-refractivity contribution in [2.45, 2.75) is 4.90 Å². The van der Waals surface area contributed by atoms with Crippen LogP contribution in [0.4, 0.5) is 5.82 Å². The molecular formula is C11H8BrN3O4S. The molecule has 1 heterocycles. The maximum Gasteiger partial charge on any atom is 0.336 e. The summed E-state index contributed by atoms with van der Waals surface area (Å²) >= 11 is 3.05. The Bertz CT molecular complexity index is 750. The number of hydrogen-bond acceptors (Lipinski definition) is 5. The Labute approximate surface area is 122 Å². The number of carboxylic acid groups (broad SMARTS) is 1. The molecule has 0 aliphatic heterocycles. The van der Waals surface area contributed by atoms with Crippen molar-refractivity contribution in [2.24, 2.45) is 0 Å². The minimum atomic E-state index is -3.92. The lowest BCUT2D eigenvalue weighted by atomic mass is 10.2. The Morgan fingerprint density at radius 2 is 2.05 bits per heavy atom. The molecule has 0 fully saturated rings. The number of nitrogens with one attached hydrogen (secondary N) is 1. The summed E-state index contributed by atoms with van der Waals surface area (Å²) in [5.74, 6) is -1.18. The van der Waals surface area contributed by atoms with Crippen molar-refractivity contribution >= 4 is 37.7 Å². The van der Waals surface area contributed by atoms with Gasteiger partial charge in [-0.15, -0.1) is 5.10 Å². The van der Waals surface area contributed by atoms with Crippen LogP contribution in [-0.4, -0.2) is 29.7 Å². The summed E-state index contributed by atoms with van der Waals surface area (Å²) in [5, 5.41) is 16.1. The van der Waals surface area contributed by atoms with E-state index in [0.717, 1.165) is 6.07 Å². The SMILES string of the molecule is O=C(O)c1cc(S(=O)(=O)Nc2cccnn2)ccc1Br. The number of nitrogens with zero attached hydrogens (tertiary/aromatic N) is 2. The summed E-state index contributed by atoms with van der Waals surface area (Å²) < 4.78 is 26.7. The average Bonchev–Trinajstić information content (AvgIpc) is 2.39. The fourth-order valence-electron chi connectivity index (χ4n) is 1.39. The molecule has 0 aliphatic carbocycles. The number of halogens is 1. The van der Waals surface area contributed by atoms with E-state index in [1.807, 2.05) is 0 Å². The number of sulfonamides is 1. The minimum Gasteiger partial charge on any atom is -0.478 e. The zero-order chi connectivity index (χ0) is 14.8. The fraction of sp³-hybridized carbons (Fsp3) is 0. The molecule has 0 atom stereocenters. The molecule has 1 aromatic heterocycles. The summed E-state index contributed by atoms with van der Waals surface area (Å²) in [7, 11) is -3.92. The zero-order valence-corrected chi connectivity index (χ0v) is 12.2. The van der Waals surface area contributed by atoms with Crippen LogP contribution in [0.15, 0.2) is 45.9 Å². The van der Waals surface area contributed by atoms with Gasteiger partial charge >= 0.3 is 5.97 Å². The van der Waals surface area contributed by atoms with Crippen LogP contribution in [0.1, 0.15) is 10.4 Å². The Morgan fingerprint density at radius 3 is 2.65 bits per heavy atom. The van der Waals surface area contributed by atoms with Gasteiger partial charge in [0.15, 0.2) is 5.82 Å². The van der Waals surface area contributed by atoms with Crippen molar-refractivity contribution in [2.75, 3.05) is 4.72 Å². The van der Waals surface area contributed by atoms with Gasteiger partial charge in [-0.05, 0) is 46.3 Å². The third kappa shape index (κ3) is 3.11. The van der Waals surface area contributed by atoms with E-state index in [-0.39, 0.29) is 16.3 Å². The Morgan fingerprint density at radius 1 is 1.30 bits per heavy atom. The van der Waals surface area contributed by atoms with Crippen LogP contribution in [0.3, 0.4) is 0 Å². The number of carboxylic acids is 1. The second-order valence-electron chi connectivity index (χ2n) is 3.66. The lowest BCUT2D eigenvalue weighted by molar-refractivity contribution is 0.0695. The summed E-state index contributed by atoms with van der Waals surface area (Å²) in [6.45, 7) is 0. The lowest BCUT2D eigenvalue weighted by Gasteiger charge is -2.08. The summed E-state index contributed by atoms with van der Waals surface area (Å²) in [4.78, 5) is 10.8. The maximum atomic E-state index is 12.1. The Balaban J connectivity index is 2.40. The first-order valence-corrected chi connectivity index (χ1v) is 7.51. The van der Waals surface area contributed by atoms with Crippen LogP contribution in [0.5, 0.6) is 0 Å². The van der Waals surface area contributed by atoms with Crippen molar-refractivity contribution in [3.05, 3.63) is 46.6 Å². The van der Waals surface area contributed by atoms with Crippen LogP contribution in [-0.2, 0) is 10.0 Å². The second-order valence-corrected chi connectivity index (χ2v) is 6.20. The predicted octanol–water partition coefficient (Wildman–Crippen LogP) is 1.74. The first-order valence-electron chi connectivity index (χ1n) is 5.23. The number of hydrogen-bond donors (Lipinski definition) is 2. The third-order valence-corrected chi connectivity index (χ3v) is 4.33. The Hall–Kier alpha value is -2.00. The maximum absolute atomic E-state index is 12.1. The number of carbonyl (C=O) groups is 1. The summed E-state index contributed by atoms with van der Waals surface area (Å²) in [5.41, 5.74) is -0.146. The molecule has 7 nitrogen and oxygen atoms in total. The van der Waals surface area contributed by atoms with Crippen molar-refractivity contribution in [3.8, 4) is 0 Å². The highest BCUT2D eigenvalue weighted by Gasteiger charge is 2.18. The molecule has 0 radical (unpaired) electrons. The highest BCUT2D eigenvalue weighted by Crippen LogP contribution is 2.22. The van der Waals surface area contributed by atoms with E-state index < -0.39 is 16.0 Å². The monoisotopic (exact) mass is 357 g/mol. The normalized spacial score (nSPS) is 11.1. The fourth-order valence-corrected chi connectivity index (χ4v) is 2.83. The number of aromatic carboxylic acids is 1. The van der Waals surface area contributed by atoms with E-state index >= 15 is 0 Å². The van der Waals surface area contributed by atoms with Gasteiger partial charge in [-0.25, -0.2) is 13.2 Å². The molecule has 2 rings (SSSR count). The molecule has 2 aromatic rings. The van der Waals surface area contributed by atoms with Gasteiger partial charge in [0, 0.05) is 10.7 Å². The molecule has 0 spiro atoms. The lowest BCUT2D eigenvalue weighted by Crippen LogP contribution is -2.15. The topological polar surface area (TPSA) is 109 Å². The van der Waals surface area contributed by atoms with Gasteiger partial charge in [0.2, 0.25) is 0 Å². The van der Waals surface area contributed by atoms with Crippen molar-refractivity contribution < 1.29 is 18.3 Å². The molecule has 104 valence electrons. The van der Waals surface area contributed by atoms with Gasteiger partial charge in [0.05, 0.1) is 10.5 Å². The zero-order valence-electron chi connectivity index (χ0n) is 9.82. The average molecular weight is 358 g/mol. The second kappa shape index (κ2) is 5.55. The largest absolute Gasteiger partial charge is 0.478 e. The van der Waals surface area contributed by atoms with E-state index in [9.17, 15) is 13.2 Å². The highest BCUT2D eigenvalue weighted by molar-refractivity contribution is 9.10. The predicted molar refractivity (Wildman–Crippen MR) is 73.9 cm³/mol. The van der Waals surface area contributed by atoms with E-state index in [2.05, 4.69) is 30.8 Å². The number of anilines is 1. The summed E-state index contributed by atoms with van der Waals surface area (Å²) in [6.07, 6.45) is 1.40. The molecular weight excluding hydrogens is 350 g/mol. The van der Waals surface area contributed by atoms with Crippen LogP contribution in [0.2, 0.25) is 0 Å². The van der Waals surface area contributed by atoms with E-state index in [1.54, 1.807) is 0 Å². The smallest absolute Gasteiger partial charge is 0.336 e. The molecule has 0 saturated heterocycles. The molecule has 0 saturated carbocycles. The third-order valence-electron chi connectivity index (χ3n) is 2.29. The van der Waals surface area contributed by atoms with Crippen molar-refractivity contribution in [1.82, 2.24) is 10.2 Å². The molecule has 9 heteroatoms. The number of aromatic nitrogens is 2. The summed E-state index contributed by atoms with van der Waals surface area (Å²) in [6, 6.07) is 6.66. The quantitative estimate of drug-likeness (QED) is 0.862. The number of benzene rings is 1. The van der Waals surface area contributed by atoms with E-state index in [4.69, 9.17) is 5.11 Å². The van der Waals surface area contributed by atoms with Gasteiger partial charge < -0.3 is 5.11 Å². The standard InChI is InChI=1S/C11H8BrN3O4S/c12-9-4-3-7(6-8(9)11(16)17)20(18,19)15-10-2-1-5-13-14-10/h1-6H,(H,14,15)(H,16,17). The molecule has 20 heavy (non-hydrogen) atoms. The molecule has 2 N–H and O–H groups in total. The van der Waals surface area contributed by atoms with Crippen molar-refractivity contribution in [3.63, 3.8) is 0 Å². The first-order chi connectivity index (χ1) is 9.40. The highest BCUT2D eigenvalue weighted by atomic mass is 79.9. The van der Waals surface area contributed by atoms with Crippen molar-refractivity contribution in [1.29, 1.82) is 0 Å². The molecule has 0 amide bonds. The van der Waals surface area contributed by atoms with Crippen LogP contribution < -0.4 is 4.72 Å². The molecule has 0 aliphatic rings. The van der Waals surface area contributed by atoms with Gasteiger partial charge in [-0.1, -0.05) is 0 Å². The molecule has 1 aromatic carbocycles. The van der Waals surface area contributed by atoms with Gasteiger partial charge in [0.1, 0.15) is 0 Å². The van der Waals surface area contributed by atoms with E-state index in [1.165, 1.54) is 30.5 Å². The van der Waals surface area contributed by atoms with Gasteiger partial charge in [-0.3, -0.25) is 4.72 Å². The minimum absolute atomic E-state index is 0.0484. The van der Waals surface area contributed by atoms with Gasteiger partial charge in [0.25, 0.3) is 10.0 Å². The van der Waals surface area contributed by atoms with Crippen LogP contribution >= 0.6 is 15.9 Å². The number of rotatable bonds is 4. The van der Waals surface area contributed by atoms with Crippen LogP contribution in [0.25, 0.3) is 0 Å². The van der Waals surface area contributed by atoms with E-state index in [0.29, 0.717) is 4.47 Å². The first kappa shape index (κ1) is 14.4.